The van der Waals surface area contributed by atoms with Crippen LogP contribution in [0.1, 0.15) is 31.1 Å². The normalized spacial score (nSPS) is 16.5. The Labute approximate surface area is 154 Å². The summed E-state index contributed by atoms with van der Waals surface area (Å²) in [6.45, 7) is 6.37. The molecule has 1 amide bonds. The Kier molecular flexibility index (Phi) is 6.23. The topological polar surface area (TPSA) is 49.9 Å². The molecule has 0 atom stereocenters. The number of carbonyl (C=O) groups is 2. The molecule has 1 saturated heterocycles. The molecule has 1 heterocycles. The van der Waals surface area contributed by atoms with Gasteiger partial charge in [-0.2, -0.15) is 13.2 Å². The van der Waals surface area contributed by atoms with Crippen molar-refractivity contribution in [3.63, 3.8) is 0 Å². The van der Waals surface area contributed by atoms with Gasteiger partial charge in [-0.3, -0.25) is 4.79 Å². The van der Waals surface area contributed by atoms with Crippen molar-refractivity contribution >= 4 is 23.6 Å². The van der Waals surface area contributed by atoms with Crippen LogP contribution >= 0.6 is 11.8 Å². The first-order valence-corrected chi connectivity index (χ1v) is 8.90. The van der Waals surface area contributed by atoms with E-state index in [0.29, 0.717) is 13.1 Å². The highest BCUT2D eigenvalue weighted by Crippen LogP contribution is 2.38. The van der Waals surface area contributed by atoms with Gasteiger partial charge in [0.2, 0.25) is 0 Å². The number of amides is 1. The van der Waals surface area contributed by atoms with Gasteiger partial charge in [0.25, 0.3) is 5.91 Å². The van der Waals surface area contributed by atoms with Crippen molar-refractivity contribution in [1.29, 1.82) is 0 Å². The third-order valence-corrected chi connectivity index (χ3v) is 4.50. The minimum absolute atomic E-state index is 0.0231. The Morgan fingerprint density at radius 1 is 1.04 bits per heavy atom. The van der Waals surface area contributed by atoms with Crippen molar-refractivity contribution in [2.45, 2.75) is 31.2 Å². The predicted molar refractivity (Wildman–Crippen MR) is 91.4 cm³/mol. The Hall–Kier alpha value is -1.74. The van der Waals surface area contributed by atoms with Crippen molar-refractivity contribution in [3.8, 4) is 0 Å². The zero-order chi connectivity index (χ0) is 19.5. The molecule has 0 bridgehead atoms. The number of carbonyl (C=O) groups excluding carboxylic acids is 2. The van der Waals surface area contributed by atoms with Crippen molar-refractivity contribution in [3.05, 3.63) is 29.8 Å². The summed E-state index contributed by atoms with van der Waals surface area (Å²) in [6.07, 6.45) is 0. The summed E-state index contributed by atoms with van der Waals surface area (Å²) in [5.41, 5.74) is -5.08. The van der Waals surface area contributed by atoms with E-state index in [1.807, 2.05) is 0 Å². The molecule has 0 N–H and O–H groups in total. The standard InChI is InChI=1S/C17H21F3N2O3S/c1-16(2,3)15(24)25-22-10-8-21(9-11-22)14(23)12-6-4-5-7-13(12)26-17(18,19)20/h4-7H,8-11H2,1-3H3. The molecule has 144 valence electrons. The molecule has 5 nitrogen and oxygen atoms in total. The number of nitrogens with zero attached hydrogens (tertiary/aromatic N) is 2. The number of piperazine rings is 1. The molecule has 0 radical (unpaired) electrons. The fourth-order valence-corrected chi connectivity index (χ4v) is 2.93. The zero-order valence-electron chi connectivity index (χ0n) is 14.8. The molecule has 0 aromatic heterocycles. The van der Waals surface area contributed by atoms with Gasteiger partial charge in [-0.15, -0.1) is 5.06 Å². The number of benzene rings is 1. The van der Waals surface area contributed by atoms with Crippen molar-refractivity contribution in [2.75, 3.05) is 26.2 Å². The molecule has 0 unspecified atom stereocenters. The average Bonchev–Trinajstić information content (AvgIpc) is 2.53. The van der Waals surface area contributed by atoms with Crippen LogP contribution in [0.5, 0.6) is 0 Å². The van der Waals surface area contributed by atoms with E-state index in [0.717, 1.165) is 0 Å². The largest absolute Gasteiger partial charge is 0.446 e. The lowest BCUT2D eigenvalue weighted by Crippen LogP contribution is -2.50. The Morgan fingerprint density at radius 2 is 1.62 bits per heavy atom. The van der Waals surface area contributed by atoms with Gasteiger partial charge in [0.15, 0.2) is 0 Å². The molecule has 1 aliphatic heterocycles. The number of alkyl halides is 3. The fourth-order valence-electron chi connectivity index (χ4n) is 2.26. The fraction of sp³-hybridized carbons (Fsp3) is 0.529. The molecular formula is C17H21F3N2O3S. The number of hydrogen-bond acceptors (Lipinski definition) is 5. The van der Waals surface area contributed by atoms with Crippen molar-refractivity contribution < 1.29 is 27.6 Å². The number of rotatable bonds is 3. The van der Waals surface area contributed by atoms with Crippen LogP contribution < -0.4 is 0 Å². The molecule has 1 aromatic rings. The molecule has 9 heteroatoms. The van der Waals surface area contributed by atoms with Gasteiger partial charge in [-0.05, 0) is 44.7 Å². The van der Waals surface area contributed by atoms with E-state index in [9.17, 15) is 22.8 Å². The van der Waals surface area contributed by atoms with Crippen LogP contribution in [0.2, 0.25) is 0 Å². The maximum Gasteiger partial charge on any atom is 0.446 e. The Bertz CT molecular complexity index is 666. The molecule has 1 aliphatic rings. The first-order valence-electron chi connectivity index (χ1n) is 8.09. The van der Waals surface area contributed by atoms with Crippen LogP contribution in [0.15, 0.2) is 29.2 Å². The second-order valence-corrected chi connectivity index (χ2v) is 8.00. The molecule has 1 fully saturated rings. The van der Waals surface area contributed by atoms with Gasteiger partial charge in [-0.1, -0.05) is 12.1 Å². The van der Waals surface area contributed by atoms with Gasteiger partial charge in [0.05, 0.1) is 24.1 Å². The second kappa shape index (κ2) is 7.87. The van der Waals surface area contributed by atoms with Crippen LogP contribution in [0.25, 0.3) is 0 Å². The maximum absolute atomic E-state index is 12.7. The lowest BCUT2D eigenvalue weighted by Gasteiger charge is -2.34. The zero-order valence-corrected chi connectivity index (χ0v) is 15.6. The molecular weight excluding hydrogens is 369 g/mol. The summed E-state index contributed by atoms with van der Waals surface area (Å²) in [4.78, 5) is 31.1. The first kappa shape index (κ1) is 20.6. The summed E-state index contributed by atoms with van der Waals surface area (Å²) in [5.74, 6) is -0.830. The summed E-state index contributed by atoms with van der Waals surface area (Å²) in [5, 5.41) is 1.48. The highest BCUT2D eigenvalue weighted by atomic mass is 32.2. The van der Waals surface area contributed by atoms with E-state index in [4.69, 9.17) is 4.84 Å². The van der Waals surface area contributed by atoms with Gasteiger partial charge in [0.1, 0.15) is 0 Å². The minimum Gasteiger partial charge on any atom is -0.367 e. The van der Waals surface area contributed by atoms with Crippen LogP contribution in [0.3, 0.4) is 0 Å². The molecule has 0 spiro atoms. The highest BCUT2D eigenvalue weighted by molar-refractivity contribution is 8.00. The van der Waals surface area contributed by atoms with Crippen LogP contribution in [-0.2, 0) is 9.63 Å². The third-order valence-electron chi connectivity index (χ3n) is 3.69. The van der Waals surface area contributed by atoms with Gasteiger partial charge in [0, 0.05) is 18.0 Å². The quantitative estimate of drug-likeness (QED) is 0.739. The summed E-state index contributed by atoms with van der Waals surface area (Å²) in [7, 11) is 0. The summed E-state index contributed by atoms with van der Waals surface area (Å²) < 4.78 is 38.0. The van der Waals surface area contributed by atoms with Crippen LogP contribution in [0, 0.1) is 5.41 Å². The van der Waals surface area contributed by atoms with E-state index >= 15 is 0 Å². The second-order valence-electron chi connectivity index (χ2n) is 6.89. The number of hydroxylamine groups is 2. The highest BCUT2D eigenvalue weighted by Gasteiger charge is 2.33. The maximum atomic E-state index is 12.7. The monoisotopic (exact) mass is 390 g/mol. The molecule has 1 aromatic carbocycles. The number of halogens is 3. The van der Waals surface area contributed by atoms with Gasteiger partial charge in [-0.25, -0.2) is 4.79 Å². The number of hydrogen-bond donors (Lipinski definition) is 0. The van der Waals surface area contributed by atoms with E-state index in [1.54, 1.807) is 20.8 Å². The van der Waals surface area contributed by atoms with E-state index in [2.05, 4.69) is 0 Å². The first-order chi connectivity index (χ1) is 12.0. The molecule has 26 heavy (non-hydrogen) atoms. The van der Waals surface area contributed by atoms with Gasteiger partial charge < -0.3 is 9.74 Å². The Balaban J connectivity index is 2.00. The molecule has 2 rings (SSSR count). The predicted octanol–water partition coefficient (Wildman–Crippen LogP) is 3.56. The van der Waals surface area contributed by atoms with E-state index < -0.39 is 16.8 Å². The minimum atomic E-state index is -4.46. The summed E-state index contributed by atoms with van der Waals surface area (Å²) in [6, 6.07) is 5.68. The van der Waals surface area contributed by atoms with Crippen LogP contribution in [-0.4, -0.2) is 53.5 Å². The Morgan fingerprint density at radius 3 is 2.15 bits per heavy atom. The van der Waals surface area contributed by atoms with Gasteiger partial charge >= 0.3 is 11.5 Å². The SMILES string of the molecule is CC(C)(C)C(=O)ON1CCN(C(=O)c2ccccc2SC(F)(F)F)CC1. The summed E-state index contributed by atoms with van der Waals surface area (Å²) >= 11 is -0.296. The lowest BCUT2D eigenvalue weighted by molar-refractivity contribution is -0.205. The van der Waals surface area contributed by atoms with Crippen molar-refractivity contribution in [1.82, 2.24) is 9.96 Å². The number of thioether (sulfide) groups is 1. The van der Waals surface area contributed by atoms with Crippen LogP contribution in [0.4, 0.5) is 13.2 Å². The van der Waals surface area contributed by atoms with Crippen molar-refractivity contribution in [2.24, 2.45) is 5.41 Å². The third kappa shape index (κ3) is 5.63. The molecule has 0 saturated carbocycles. The van der Waals surface area contributed by atoms with E-state index in [1.165, 1.54) is 34.2 Å². The molecule has 0 aliphatic carbocycles. The average molecular weight is 390 g/mol. The lowest BCUT2D eigenvalue weighted by atomic mass is 9.98. The smallest absolute Gasteiger partial charge is 0.367 e. The van der Waals surface area contributed by atoms with E-state index in [-0.39, 0.29) is 41.3 Å².